The third-order valence-corrected chi connectivity index (χ3v) is 3.46. The summed E-state index contributed by atoms with van der Waals surface area (Å²) in [7, 11) is 1.63. The van der Waals surface area contributed by atoms with Gasteiger partial charge in [0.2, 0.25) is 5.91 Å². The van der Waals surface area contributed by atoms with Gasteiger partial charge in [0.25, 0.3) is 0 Å². The molecule has 1 rings (SSSR count). The highest BCUT2D eigenvalue weighted by molar-refractivity contribution is 5.85. The minimum absolute atomic E-state index is 0.186. The minimum Gasteiger partial charge on any atom is -0.481 e. The number of carboxylic acid groups (broad SMARTS) is 1. The van der Waals surface area contributed by atoms with E-state index >= 15 is 0 Å². The lowest BCUT2D eigenvalue weighted by Crippen LogP contribution is -2.43. The molecule has 0 aliphatic heterocycles. The molecule has 3 atom stereocenters. The zero-order valence-electron chi connectivity index (χ0n) is 10.7. The number of allylic oxidation sites excluding steroid dienone is 2. The van der Waals surface area contributed by atoms with Gasteiger partial charge in [-0.2, -0.15) is 5.26 Å². The van der Waals surface area contributed by atoms with Gasteiger partial charge < -0.3 is 10.0 Å². The summed E-state index contributed by atoms with van der Waals surface area (Å²) in [4.78, 5) is 24.9. The molecule has 1 unspecified atom stereocenters. The van der Waals surface area contributed by atoms with Gasteiger partial charge in [-0.05, 0) is 19.8 Å². The highest BCUT2D eigenvalue weighted by atomic mass is 16.4. The van der Waals surface area contributed by atoms with Crippen LogP contribution in [-0.4, -0.2) is 35.0 Å². The summed E-state index contributed by atoms with van der Waals surface area (Å²) < 4.78 is 0. The number of hydrogen-bond donors (Lipinski definition) is 1. The van der Waals surface area contributed by atoms with E-state index in [1.807, 2.05) is 12.1 Å². The molecule has 5 heteroatoms. The lowest BCUT2D eigenvalue weighted by molar-refractivity contribution is -0.150. The molecule has 0 aromatic carbocycles. The van der Waals surface area contributed by atoms with Crippen molar-refractivity contribution in [2.45, 2.75) is 32.2 Å². The van der Waals surface area contributed by atoms with Crippen LogP contribution in [0, 0.1) is 23.2 Å². The molecular weight excluding hydrogens is 232 g/mol. The van der Waals surface area contributed by atoms with Gasteiger partial charge >= 0.3 is 5.97 Å². The second-order valence-corrected chi connectivity index (χ2v) is 4.65. The van der Waals surface area contributed by atoms with Crippen molar-refractivity contribution in [2.24, 2.45) is 11.8 Å². The summed E-state index contributed by atoms with van der Waals surface area (Å²) in [6.45, 7) is 1.79. The zero-order valence-corrected chi connectivity index (χ0v) is 10.7. The predicted octanol–water partition coefficient (Wildman–Crippen LogP) is 1.41. The van der Waals surface area contributed by atoms with Crippen LogP contribution in [-0.2, 0) is 9.59 Å². The zero-order chi connectivity index (χ0) is 13.7. The average molecular weight is 250 g/mol. The average Bonchev–Trinajstić information content (AvgIpc) is 2.37. The van der Waals surface area contributed by atoms with Gasteiger partial charge in [-0.1, -0.05) is 12.2 Å². The van der Waals surface area contributed by atoms with E-state index in [-0.39, 0.29) is 18.4 Å². The molecular formula is C13H18N2O3. The molecule has 0 radical (unpaired) electrons. The Morgan fingerprint density at radius 2 is 2.00 bits per heavy atom. The fourth-order valence-corrected chi connectivity index (χ4v) is 2.11. The first-order chi connectivity index (χ1) is 8.49. The Balaban J connectivity index is 2.78. The summed E-state index contributed by atoms with van der Waals surface area (Å²) >= 11 is 0. The van der Waals surface area contributed by atoms with Gasteiger partial charge in [-0.3, -0.25) is 9.59 Å². The molecule has 1 aliphatic rings. The third-order valence-electron chi connectivity index (χ3n) is 3.46. The molecule has 1 N–H and O–H groups in total. The summed E-state index contributed by atoms with van der Waals surface area (Å²) in [6.07, 6.45) is 4.76. The molecule has 0 bridgehead atoms. The van der Waals surface area contributed by atoms with Gasteiger partial charge in [0.15, 0.2) is 0 Å². The monoisotopic (exact) mass is 250 g/mol. The maximum absolute atomic E-state index is 12.2. The number of hydrogen-bond acceptors (Lipinski definition) is 3. The van der Waals surface area contributed by atoms with E-state index in [0.29, 0.717) is 12.8 Å². The van der Waals surface area contributed by atoms with E-state index in [0.717, 1.165) is 0 Å². The van der Waals surface area contributed by atoms with Crippen LogP contribution >= 0.6 is 0 Å². The van der Waals surface area contributed by atoms with Gasteiger partial charge in [0.1, 0.15) is 0 Å². The van der Waals surface area contributed by atoms with Crippen molar-refractivity contribution in [3.63, 3.8) is 0 Å². The van der Waals surface area contributed by atoms with E-state index < -0.39 is 17.8 Å². The molecule has 0 aromatic rings. The maximum Gasteiger partial charge on any atom is 0.307 e. The second kappa shape index (κ2) is 6.20. The van der Waals surface area contributed by atoms with Crippen molar-refractivity contribution in [1.82, 2.24) is 4.90 Å². The Kier molecular flexibility index (Phi) is 4.90. The summed E-state index contributed by atoms with van der Waals surface area (Å²) in [5.41, 5.74) is 0. The van der Waals surface area contributed by atoms with Crippen molar-refractivity contribution in [1.29, 1.82) is 5.26 Å². The number of carbonyl (C=O) groups excluding carboxylic acids is 1. The van der Waals surface area contributed by atoms with E-state index in [2.05, 4.69) is 0 Å². The Hall–Kier alpha value is -1.83. The number of nitrogens with zero attached hydrogens (tertiary/aromatic N) is 2. The Bertz CT molecular complexity index is 398. The number of carbonyl (C=O) groups is 2. The van der Waals surface area contributed by atoms with Crippen molar-refractivity contribution < 1.29 is 14.7 Å². The Morgan fingerprint density at radius 3 is 2.50 bits per heavy atom. The molecule has 18 heavy (non-hydrogen) atoms. The Labute approximate surface area is 107 Å². The van der Waals surface area contributed by atoms with Crippen LogP contribution in [0.1, 0.15) is 26.2 Å². The smallest absolute Gasteiger partial charge is 0.307 e. The normalized spacial score (nSPS) is 24.1. The summed E-state index contributed by atoms with van der Waals surface area (Å²) in [5, 5.41) is 17.7. The first-order valence-electron chi connectivity index (χ1n) is 6.00. The third kappa shape index (κ3) is 3.10. The Morgan fingerprint density at radius 1 is 1.44 bits per heavy atom. The molecule has 0 saturated carbocycles. The molecule has 98 valence electrons. The van der Waals surface area contributed by atoms with E-state index in [4.69, 9.17) is 10.4 Å². The fraction of sp³-hybridized carbons (Fsp3) is 0.615. The second-order valence-electron chi connectivity index (χ2n) is 4.65. The summed E-state index contributed by atoms with van der Waals surface area (Å²) in [6, 6.07) is 1.82. The number of amides is 1. The van der Waals surface area contributed by atoms with Crippen LogP contribution in [0.2, 0.25) is 0 Å². The van der Waals surface area contributed by atoms with Crippen molar-refractivity contribution >= 4 is 11.9 Å². The first-order valence-corrected chi connectivity index (χ1v) is 6.00. The van der Waals surface area contributed by atoms with Gasteiger partial charge in [-0.15, -0.1) is 0 Å². The number of carboxylic acids is 1. The quantitative estimate of drug-likeness (QED) is 0.765. The number of rotatable bonds is 4. The fourth-order valence-electron chi connectivity index (χ4n) is 2.11. The predicted molar refractivity (Wildman–Crippen MR) is 65.5 cm³/mol. The molecule has 0 spiro atoms. The number of aliphatic carboxylic acids is 1. The lowest BCUT2D eigenvalue weighted by Gasteiger charge is -2.31. The van der Waals surface area contributed by atoms with Crippen LogP contribution in [0.15, 0.2) is 12.2 Å². The number of nitriles is 1. The molecule has 0 aromatic heterocycles. The van der Waals surface area contributed by atoms with Crippen LogP contribution in [0.5, 0.6) is 0 Å². The molecule has 1 aliphatic carbocycles. The topological polar surface area (TPSA) is 81.4 Å². The van der Waals surface area contributed by atoms with Crippen molar-refractivity contribution in [2.75, 3.05) is 7.05 Å². The highest BCUT2D eigenvalue weighted by Crippen LogP contribution is 2.28. The first kappa shape index (κ1) is 14.2. The molecule has 0 heterocycles. The van der Waals surface area contributed by atoms with Crippen LogP contribution in [0.25, 0.3) is 0 Å². The molecule has 1 amide bonds. The van der Waals surface area contributed by atoms with E-state index in [1.165, 1.54) is 4.90 Å². The van der Waals surface area contributed by atoms with Gasteiger partial charge in [0.05, 0.1) is 24.3 Å². The van der Waals surface area contributed by atoms with Crippen molar-refractivity contribution in [3.05, 3.63) is 12.2 Å². The van der Waals surface area contributed by atoms with Crippen LogP contribution in [0.4, 0.5) is 0 Å². The van der Waals surface area contributed by atoms with E-state index in [1.54, 1.807) is 20.0 Å². The van der Waals surface area contributed by atoms with Gasteiger partial charge in [0, 0.05) is 13.1 Å². The SMILES string of the molecule is CC(CC#N)N(C)C(=O)[C@@H]1CC=CC[C@@H]1C(=O)O. The van der Waals surface area contributed by atoms with E-state index in [9.17, 15) is 9.59 Å². The standard InChI is InChI=1S/C13H18N2O3/c1-9(7-8-14)15(2)12(16)10-5-3-4-6-11(10)13(17)18/h3-4,9-11H,5-7H2,1-2H3,(H,17,18)/t9?,10-,11+/m1/s1. The summed E-state index contributed by atoms with van der Waals surface area (Å²) in [5.74, 6) is -2.29. The van der Waals surface area contributed by atoms with Crippen LogP contribution in [0.3, 0.4) is 0 Å². The minimum atomic E-state index is -0.931. The van der Waals surface area contributed by atoms with Crippen LogP contribution < -0.4 is 0 Å². The largest absolute Gasteiger partial charge is 0.481 e. The lowest BCUT2D eigenvalue weighted by atomic mass is 9.82. The highest BCUT2D eigenvalue weighted by Gasteiger charge is 2.36. The molecule has 5 nitrogen and oxygen atoms in total. The van der Waals surface area contributed by atoms with Crippen molar-refractivity contribution in [3.8, 4) is 6.07 Å². The molecule has 0 saturated heterocycles. The van der Waals surface area contributed by atoms with Gasteiger partial charge in [-0.25, -0.2) is 0 Å². The molecule has 0 fully saturated rings. The maximum atomic E-state index is 12.2.